The summed E-state index contributed by atoms with van der Waals surface area (Å²) in [6.07, 6.45) is 1.21. The van der Waals surface area contributed by atoms with Crippen LogP contribution in [0.4, 0.5) is 0 Å². The van der Waals surface area contributed by atoms with E-state index in [9.17, 15) is 0 Å². The van der Waals surface area contributed by atoms with Gasteiger partial charge >= 0.3 is 0 Å². The molecule has 1 fully saturated rings. The number of hydrogen-bond acceptors (Lipinski definition) is 3. The average Bonchev–Trinajstić information content (AvgIpc) is 2.33. The fraction of sp³-hybridized carbons (Fsp3) is 0.600. The summed E-state index contributed by atoms with van der Waals surface area (Å²) in [6.45, 7) is 5.39. The van der Waals surface area contributed by atoms with E-state index in [4.69, 9.17) is 14.2 Å². The Morgan fingerprint density at radius 2 is 1.84 bits per heavy atom. The van der Waals surface area contributed by atoms with Crippen molar-refractivity contribution in [3.05, 3.63) is 29.3 Å². The van der Waals surface area contributed by atoms with Crippen molar-refractivity contribution in [3.63, 3.8) is 0 Å². The van der Waals surface area contributed by atoms with E-state index in [1.807, 2.05) is 0 Å². The minimum absolute atomic E-state index is 0.107. The lowest BCUT2D eigenvalue weighted by Crippen LogP contribution is -2.52. The predicted molar refractivity (Wildman–Crippen MR) is 79.3 cm³/mol. The van der Waals surface area contributed by atoms with Gasteiger partial charge in [0, 0.05) is 18.4 Å². The topological polar surface area (TPSA) is 27.7 Å². The molecule has 3 atom stereocenters. The van der Waals surface area contributed by atoms with Crippen LogP contribution in [0.3, 0.4) is 0 Å². The van der Waals surface area contributed by atoms with E-state index in [0.717, 1.165) is 12.2 Å². The highest BCUT2D eigenvalue weighted by Gasteiger charge is 2.42. The lowest BCUT2D eigenvalue weighted by molar-refractivity contribution is -0.0865. The third-order valence-electron chi connectivity index (χ3n) is 3.26. The number of benzene rings is 1. The second kappa shape index (κ2) is 6.73. The first-order chi connectivity index (χ1) is 9.10. The van der Waals surface area contributed by atoms with Crippen LogP contribution in [0.5, 0.6) is 5.75 Å². The van der Waals surface area contributed by atoms with Gasteiger partial charge in [0.1, 0.15) is 18.0 Å². The molecule has 0 N–H and O–H groups in total. The van der Waals surface area contributed by atoms with Crippen molar-refractivity contribution in [2.24, 2.45) is 0 Å². The number of hydrogen-bond donors (Lipinski definition) is 0. The van der Waals surface area contributed by atoms with Gasteiger partial charge in [0.15, 0.2) is 0 Å². The quantitative estimate of drug-likeness (QED) is 0.592. The third-order valence-corrected chi connectivity index (χ3v) is 4.16. The number of alkyl halides is 1. The van der Waals surface area contributed by atoms with Crippen LogP contribution in [0.25, 0.3) is 0 Å². The van der Waals surface area contributed by atoms with Gasteiger partial charge in [-0.05, 0) is 37.1 Å². The van der Waals surface area contributed by atoms with Crippen LogP contribution in [0.2, 0.25) is 0 Å². The smallest absolute Gasteiger partial charge is 0.127 e. The van der Waals surface area contributed by atoms with Gasteiger partial charge in [-0.15, -0.1) is 0 Å². The number of rotatable bonds is 6. The number of aryl methyl sites for hydroxylation is 2. The Bertz CT molecular complexity index is 402. The van der Waals surface area contributed by atoms with Crippen molar-refractivity contribution in [1.29, 1.82) is 0 Å². The van der Waals surface area contributed by atoms with Gasteiger partial charge in [-0.2, -0.15) is 0 Å². The molecule has 1 saturated carbocycles. The molecule has 1 aromatic rings. The maximum absolute atomic E-state index is 6.03. The van der Waals surface area contributed by atoms with Gasteiger partial charge in [-0.25, -0.2) is 0 Å². The standard InChI is InChI=1S/C15H21BrO3/c1-10-6-11(2)8-12(7-10)19-14-9-13(16)15(14)18-5-4-17-3/h6-8,13-15H,4-5,9H2,1-3H3. The van der Waals surface area contributed by atoms with E-state index in [1.165, 1.54) is 11.1 Å². The zero-order valence-electron chi connectivity index (χ0n) is 11.7. The molecular weight excluding hydrogens is 308 g/mol. The van der Waals surface area contributed by atoms with E-state index in [1.54, 1.807) is 7.11 Å². The van der Waals surface area contributed by atoms with Crippen molar-refractivity contribution in [1.82, 2.24) is 0 Å². The monoisotopic (exact) mass is 328 g/mol. The molecule has 19 heavy (non-hydrogen) atoms. The van der Waals surface area contributed by atoms with Crippen LogP contribution in [0.15, 0.2) is 18.2 Å². The molecule has 0 spiro atoms. The zero-order valence-corrected chi connectivity index (χ0v) is 13.3. The summed E-state index contributed by atoms with van der Waals surface area (Å²) >= 11 is 3.62. The van der Waals surface area contributed by atoms with E-state index >= 15 is 0 Å². The summed E-state index contributed by atoms with van der Waals surface area (Å²) < 4.78 is 16.8. The summed E-state index contributed by atoms with van der Waals surface area (Å²) in [5.74, 6) is 0.933. The van der Waals surface area contributed by atoms with Crippen LogP contribution in [0.1, 0.15) is 17.5 Å². The molecule has 4 heteroatoms. The molecule has 2 rings (SSSR count). The van der Waals surface area contributed by atoms with Gasteiger partial charge in [-0.3, -0.25) is 0 Å². The van der Waals surface area contributed by atoms with Crippen molar-refractivity contribution in [3.8, 4) is 5.75 Å². The fourth-order valence-corrected chi connectivity index (χ4v) is 3.16. The van der Waals surface area contributed by atoms with Gasteiger partial charge in [0.25, 0.3) is 0 Å². The maximum Gasteiger partial charge on any atom is 0.127 e. The Morgan fingerprint density at radius 3 is 2.42 bits per heavy atom. The van der Waals surface area contributed by atoms with Crippen molar-refractivity contribution in [2.45, 2.75) is 37.3 Å². The normalized spacial score (nSPS) is 26.0. The second-order valence-electron chi connectivity index (χ2n) is 5.06. The largest absolute Gasteiger partial charge is 0.488 e. The van der Waals surface area contributed by atoms with Crippen LogP contribution < -0.4 is 4.74 Å². The van der Waals surface area contributed by atoms with E-state index in [-0.39, 0.29) is 12.2 Å². The first kappa shape index (κ1) is 14.8. The lowest BCUT2D eigenvalue weighted by atomic mass is 9.91. The SMILES string of the molecule is COCCOC1C(Br)CC1Oc1cc(C)cc(C)c1. The van der Waals surface area contributed by atoms with Gasteiger partial charge in [-0.1, -0.05) is 22.0 Å². The minimum atomic E-state index is 0.107. The van der Waals surface area contributed by atoms with E-state index in [2.05, 4.69) is 48.0 Å². The fourth-order valence-electron chi connectivity index (χ4n) is 2.30. The average molecular weight is 329 g/mol. The molecule has 1 aliphatic rings. The zero-order chi connectivity index (χ0) is 13.8. The molecule has 0 heterocycles. The molecule has 0 bridgehead atoms. The summed E-state index contributed by atoms with van der Waals surface area (Å²) in [7, 11) is 1.68. The van der Waals surface area contributed by atoms with Crippen LogP contribution >= 0.6 is 15.9 Å². The van der Waals surface area contributed by atoms with Crippen molar-refractivity contribution in [2.75, 3.05) is 20.3 Å². The summed E-state index contributed by atoms with van der Waals surface area (Å²) in [4.78, 5) is 0.375. The molecule has 0 aliphatic heterocycles. The first-order valence-electron chi connectivity index (χ1n) is 6.59. The molecule has 1 aliphatic carbocycles. The van der Waals surface area contributed by atoms with Crippen molar-refractivity contribution >= 4 is 15.9 Å². The highest BCUT2D eigenvalue weighted by Crippen LogP contribution is 2.34. The lowest BCUT2D eigenvalue weighted by Gasteiger charge is -2.41. The van der Waals surface area contributed by atoms with E-state index < -0.39 is 0 Å². The molecule has 3 nitrogen and oxygen atoms in total. The molecule has 106 valence electrons. The Hall–Kier alpha value is -0.580. The second-order valence-corrected chi connectivity index (χ2v) is 6.24. The molecular formula is C15H21BrO3. The number of methoxy groups -OCH3 is 1. The van der Waals surface area contributed by atoms with E-state index in [0.29, 0.717) is 18.0 Å². The van der Waals surface area contributed by atoms with Crippen LogP contribution in [-0.2, 0) is 9.47 Å². The Labute approximate surface area is 123 Å². The predicted octanol–water partition coefficient (Wildman–Crippen LogP) is 3.25. The first-order valence-corrected chi connectivity index (χ1v) is 7.51. The summed E-state index contributed by atoms with van der Waals surface area (Å²) in [5, 5.41) is 0. The Kier molecular flexibility index (Phi) is 5.25. The van der Waals surface area contributed by atoms with Crippen molar-refractivity contribution < 1.29 is 14.2 Å². The van der Waals surface area contributed by atoms with Crippen LogP contribution in [-0.4, -0.2) is 37.4 Å². The molecule has 3 unspecified atom stereocenters. The highest BCUT2D eigenvalue weighted by molar-refractivity contribution is 9.09. The third kappa shape index (κ3) is 3.94. The van der Waals surface area contributed by atoms with Gasteiger partial charge < -0.3 is 14.2 Å². The molecule has 1 aromatic carbocycles. The van der Waals surface area contributed by atoms with Gasteiger partial charge in [0.2, 0.25) is 0 Å². The molecule has 0 saturated heterocycles. The summed E-state index contributed by atoms with van der Waals surface area (Å²) in [6, 6.07) is 6.29. The van der Waals surface area contributed by atoms with Gasteiger partial charge in [0.05, 0.1) is 13.2 Å². The number of halogens is 1. The highest BCUT2D eigenvalue weighted by atomic mass is 79.9. The van der Waals surface area contributed by atoms with Crippen LogP contribution in [0, 0.1) is 13.8 Å². The number of ether oxygens (including phenoxy) is 3. The Balaban J connectivity index is 1.91. The summed E-state index contributed by atoms with van der Waals surface area (Å²) in [5.41, 5.74) is 2.45. The molecule has 0 radical (unpaired) electrons. The maximum atomic E-state index is 6.03. The minimum Gasteiger partial charge on any atom is -0.488 e. The molecule has 0 aromatic heterocycles. The molecule has 0 amide bonds. The Morgan fingerprint density at radius 1 is 1.16 bits per heavy atom.